The van der Waals surface area contributed by atoms with Crippen molar-refractivity contribution in [3.63, 3.8) is 0 Å². The third-order valence-corrected chi connectivity index (χ3v) is 5.73. The van der Waals surface area contributed by atoms with Crippen molar-refractivity contribution < 1.29 is 14.3 Å². The molecule has 0 radical (unpaired) electrons. The molecule has 0 bridgehead atoms. The maximum absolute atomic E-state index is 13.6. The first-order chi connectivity index (χ1) is 17.3. The van der Waals surface area contributed by atoms with E-state index in [1.165, 1.54) is 0 Å². The third kappa shape index (κ3) is 4.65. The van der Waals surface area contributed by atoms with E-state index in [-0.39, 0.29) is 12.0 Å². The molecule has 0 aliphatic heterocycles. The minimum absolute atomic E-state index is 0.354. The number of para-hydroxylation sites is 1. The van der Waals surface area contributed by atoms with Gasteiger partial charge in [0.1, 0.15) is 11.2 Å². The molecule has 0 aliphatic carbocycles. The zero-order valence-electron chi connectivity index (χ0n) is 20.3. The van der Waals surface area contributed by atoms with Crippen LogP contribution in [0.15, 0.2) is 85.3 Å². The van der Waals surface area contributed by atoms with Crippen molar-refractivity contribution in [2.75, 3.05) is 10.6 Å². The molecule has 2 amide bonds. The highest BCUT2D eigenvalue weighted by Crippen LogP contribution is 2.34. The Bertz CT molecular complexity index is 1550. The molecule has 36 heavy (non-hydrogen) atoms. The number of anilines is 2. The second-order valence-electron chi connectivity index (χ2n) is 9.49. The summed E-state index contributed by atoms with van der Waals surface area (Å²) in [5.74, 6) is -0.384. The second-order valence-corrected chi connectivity index (χ2v) is 9.49. The molecule has 0 fully saturated rings. The molecule has 0 spiro atoms. The molecule has 8 heteroatoms. The van der Waals surface area contributed by atoms with Gasteiger partial charge in [0.2, 0.25) is 0 Å². The summed E-state index contributed by atoms with van der Waals surface area (Å²) in [4.78, 5) is 33.7. The fraction of sp³-hybridized carbons (Fsp3) is 0.179. The Kier molecular flexibility index (Phi) is 5.93. The van der Waals surface area contributed by atoms with Crippen molar-refractivity contribution >= 4 is 45.3 Å². The average Bonchev–Trinajstić information content (AvgIpc) is 3.45. The third-order valence-electron chi connectivity index (χ3n) is 5.73. The van der Waals surface area contributed by atoms with Gasteiger partial charge in [-0.2, -0.15) is 0 Å². The van der Waals surface area contributed by atoms with E-state index in [1.807, 2.05) is 98.3 Å². The highest BCUT2D eigenvalue weighted by molar-refractivity contribution is 6.06. The molecule has 1 atom stereocenters. The number of benzene rings is 2. The minimum Gasteiger partial charge on any atom is -0.458 e. The van der Waals surface area contributed by atoms with E-state index in [1.54, 1.807) is 12.4 Å². The number of carbonyl (C=O) groups excluding carboxylic acids is 2. The van der Waals surface area contributed by atoms with Gasteiger partial charge in [0, 0.05) is 40.6 Å². The smallest absolute Gasteiger partial charge is 0.334 e. The molecule has 3 N–H and O–H groups in total. The monoisotopic (exact) mass is 481 g/mol. The maximum Gasteiger partial charge on any atom is 0.334 e. The quantitative estimate of drug-likeness (QED) is 0.264. The van der Waals surface area contributed by atoms with Gasteiger partial charge in [-0.1, -0.05) is 24.3 Å². The van der Waals surface area contributed by atoms with Crippen LogP contribution in [0.4, 0.5) is 16.2 Å². The van der Waals surface area contributed by atoms with E-state index >= 15 is 0 Å². The number of fused-ring (bicyclic) bond motifs is 2. The largest absolute Gasteiger partial charge is 0.458 e. The number of aromatic nitrogens is 3. The first kappa shape index (κ1) is 23.2. The minimum atomic E-state index is -0.756. The number of nitrogens with zero attached hydrogens (tertiary/aromatic N) is 2. The molecule has 2 aromatic carbocycles. The van der Waals surface area contributed by atoms with Crippen LogP contribution in [0, 0.1) is 0 Å². The number of pyridine rings is 1. The van der Waals surface area contributed by atoms with E-state index in [0.29, 0.717) is 17.0 Å². The number of H-pyrrole nitrogens is 1. The first-order valence-electron chi connectivity index (χ1n) is 11.7. The average molecular weight is 482 g/mol. The number of aromatic amines is 1. The van der Waals surface area contributed by atoms with Crippen molar-refractivity contribution in [1.82, 2.24) is 14.5 Å². The lowest BCUT2D eigenvalue weighted by Gasteiger charge is -2.25. The highest BCUT2D eigenvalue weighted by atomic mass is 16.6. The predicted octanol–water partition coefficient (Wildman–Crippen LogP) is 6.09. The predicted molar refractivity (Wildman–Crippen MR) is 141 cm³/mol. The number of rotatable bonds is 5. The van der Waals surface area contributed by atoms with Crippen LogP contribution < -0.4 is 10.6 Å². The number of carbonyl (C=O) groups is 2. The van der Waals surface area contributed by atoms with Crippen molar-refractivity contribution in [3.05, 3.63) is 90.9 Å². The lowest BCUT2D eigenvalue weighted by molar-refractivity contribution is -0.157. The summed E-state index contributed by atoms with van der Waals surface area (Å²) >= 11 is 0. The van der Waals surface area contributed by atoms with E-state index in [0.717, 1.165) is 21.9 Å². The summed E-state index contributed by atoms with van der Waals surface area (Å²) in [6.07, 6.45) is 5.34. The number of hydrogen-bond donors (Lipinski definition) is 3. The van der Waals surface area contributed by atoms with Gasteiger partial charge in [0.15, 0.2) is 6.04 Å². The van der Waals surface area contributed by atoms with Crippen LogP contribution in [-0.2, 0) is 9.53 Å². The fourth-order valence-electron chi connectivity index (χ4n) is 4.28. The Morgan fingerprint density at radius 3 is 2.53 bits per heavy atom. The Morgan fingerprint density at radius 1 is 0.944 bits per heavy atom. The first-order valence-corrected chi connectivity index (χ1v) is 11.7. The zero-order valence-corrected chi connectivity index (χ0v) is 20.3. The second kappa shape index (κ2) is 9.22. The summed E-state index contributed by atoms with van der Waals surface area (Å²) in [5.41, 5.74) is 2.88. The number of hydrogen-bond acceptors (Lipinski definition) is 4. The topological polar surface area (TPSA) is 101 Å². The molecule has 0 saturated heterocycles. The van der Waals surface area contributed by atoms with Gasteiger partial charge in [0.05, 0.1) is 11.2 Å². The van der Waals surface area contributed by atoms with Gasteiger partial charge in [-0.05, 0) is 63.2 Å². The molecule has 5 aromatic rings. The standard InChI is InChI=1S/C28H27N5O3/c1-28(2,3)36-26(34)24(21-17-30-25-19(21)11-8-15-29-25)33-16-14-20-22(12-7-13-23(20)33)32-27(35)31-18-9-5-4-6-10-18/h4-17,24H,1-3H3,(H,29,30)(H2,31,32,35). The molecule has 0 aliphatic rings. The number of amides is 2. The molecule has 8 nitrogen and oxygen atoms in total. The maximum atomic E-state index is 13.6. The van der Waals surface area contributed by atoms with Crippen LogP contribution in [-0.4, -0.2) is 32.1 Å². The molecule has 1 unspecified atom stereocenters. The van der Waals surface area contributed by atoms with E-state index in [2.05, 4.69) is 20.6 Å². The molecular weight excluding hydrogens is 454 g/mol. The molecule has 3 aromatic heterocycles. The van der Waals surface area contributed by atoms with Crippen LogP contribution in [0.25, 0.3) is 21.9 Å². The lowest BCUT2D eigenvalue weighted by atomic mass is 10.1. The van der Waals surface area contributed by atoms with Crippen molar-refractivity contribution in [2.45, 2.75) is 32.4 Å². The van der Waals surface area contributed by atoms with Crippen LogP contribution >= 0.6 is 0 Å². The number of esters is 1. The van der Waals surface area contributed by atoms with Gasteiger partial charge >= 0.3 is 12.0 Å². The van der Waals surface area contributed by atoms with Crippen LogP contribution in [0.5, 0.6) is 0 Å². The van der Waals surface area contributed by atoms with Gasteiger partial charge in [-0.3, -0.25) is 0 Å². The number of urea groups is 1. The summed E-state index contributed by atoms with van der Waals surface area (Å²) < 4.78 is 7.71. The number of nitrogens with one attached hydrogen (secondary N) is 3. The van der Waals surface area contributed by atoms with Crippen LogP contribution in [0.1, 0.15) is 32.4 Å². The van der Waals surface area contributed by atoms with Gasteiger partial charge in [-0.25, -0.2) is 14.6 Å². The molecule has 3 heterocycles. The Labute approximate surface area is 208 Å². The number of ether oxygens (including phenoxy) is 1. The van der Waals surface area contributed by atoms with Crippen molar-refractivity contribution in [3.8, 4) is 0 Å². The lowest BCUT2D eigenvalue weighted by Crippen LogP contribution is -2.30. The zero-order chi connectivity index (χ0) is 25.3. The summed E-state index contributed by atoms with van der Waals surface area (Å²) in [7, 11) is 0. The van der Waals surface area contributed by atoms with E-state index in [9.17, 15) is 9.59 Å². The van der Waals surface area contributed by atoms with Crippen LogP contribution in [0.3, 0.4) is 0 Å². The summed E-state index contributed by atoms with van der Waals surface area (Å²) in [5, 5.41) is 7.39. The Morgan fingerprint density at radius 2 is 1.75 bits per heavy atom. The van der Waals surface area contributed by atoms with Crippen molar-refractivity contribution in [1.29, 1.82) is 0 Å². The van der Waals surface area contributed by atoms with Gasteiger partial charge < -0.3 is 24.9 Å². The summed E-state index contributed by atoms with van der Waals surface area (Å²) in [6, 6.07) is 19.4. The van der Waals surface area contributed by atoms with E-state index < -0.39 is 11.6 Å². The summed E-state index contributed by atoms with van der Waals surface area (Å²) in [6.45, 7) is 5.54. The van der Waals surface area contributed by atoms with Gasteiger partial charge in [0.25, 0.3) is 0 Å². The highest BCUT2D eigenvalue weighted by Gasteiger charge is 2.31. The molecular formula is C28H27N5O3. The molecule has 5 rings (SSSR count). The molecule has 182 valence electrons. The fourth-order valence-corrected chi connectivity index (χ4v) is 4.28. The van der Waals surface area contributed by atoms with Crippen LogP contribution in [0.2, 0.25) is 0 Å². The van der Waals surface area contributed by atoms with E-state index in [4.69, 9.17) is 4.74 Å². The normalized spacial score (nSPS) is 12.4. The molecule has 0 saturated carbocycles. The SMILES string of the molecule is CC(C)(C)OC(=O)C(c1c[nH]c2ncccc12)n1ccc2c(NC(=O)Nc3ccccc3)cccc21. The van der Waals surface area contributed by atoms with Crippen molar-refractivity contribution in [2.24, 2.45) is 0 Å². The van der Waals surface area contributed by atoms with Gasteiger partial charge in [-0.15, -0.1) is 0 Å². The Balaban J connectivity index is 1.54. The Hall–Kier alpha value is -4.59.